The van der Waals surface area contributed by atoms with E-state index in [-0.39, 0.29) is 37.5 Å². The highest BCUT2D eigenvalue weighted by molar-refractivity contribution is 5.71. The molecular formula is C75H120O6. The monoisotopic (exact) mass is 1120 g/mol. The first-order valence-corrected chi connectivity index (χ1v) is 33.0. The zero-order chi connectivity index (χ0) is 58.5. The predicted molar refractivity (Wildman–Crippen MR) is 352 cm³/mol. The molecule has 0 fully saturated rings. The minimum atomic E-state index is -0.817. The van der Waals surface area contributed by atoms with Crippen LogP contribution in [-0.2, 0) is 28.6 Å². The molecule has 6 nitrogen and oxygen atoms in total. The summed E-state index contributed by atoms with van der Waals surface area (Å²) in [5, 5.41) is 0. The largest absolute Gasteiger partial charge is 0.462 e. The average molecular weight is 1120 g/mol. The molecule has 0 aromatic heterocycles. The summed E-state index contributed by atoms with van der Waals surface area (Å²) in [5.74, 6) is -0.969. The summed E-state index contributed by atoms with van der Waals surface area (Å²) < 4.78 is 16.9. The minimum Gasteiger partial charge on any atom is -0.462 e. The Morgan fingerprint density at radius 3 is 0.778 bits per heavy atom. The normalized spacial score (nSPS) is 13.2. The summed E-state index contributed by atoms with van der Waals surface area (Å²) in [6, 6.07) is 0. The fraction of sp³-hybridized carbons (Fsp3) is 0.613. The van der Waals surface area contributed by atoms with Crippen LogP contribution >= 0.6 is 0 Å². The lowest BCUT2D eigenvalue weighted by molar-refractivity contribution is -0.167. The summed E-state index contributed by atoms with van der Waals surface area (Å²) in [6.45, 7) is 6.37. The van der Waals surface area contributed by atoms with Gasteiger partial charge in [0, 0.05) is 19.3 Å². The maximum Gasteiger partial charge on any atom is 0.306 e. The molecule has 0 spiro atoms. The third-order valence-corrected chi connectivity index (χ3v) is 13.5. The van der Waals surface area contributed by atoms with Gasteiger partial charge < -0.3 is 14.2 Å². The molecule has 81 heavy (non-hydrogen) atoms. The zero-order valence-corrected chi connectivity index (χ0v) is 52.2. The average Bonchev–Trinajstić information content (AvgIpc) is 3.47. The highest BCUT2D eigenvalue weighted by Gasteiger charge is 2.19. The van der Waals surface area contributed by atoms with E-state index in [0.29, 0.717) is 19.3 Å². The lowest BCUT2D eigenvalue weighted by Crippen LogP contribution is -2.30. The van der Waals surface area contributed by atoms with E-state index < -0.39 is 6.10 Å². The van der Waals surface area contributed by atoms with Gasteiger partial charge in [-0.25, -0.2) is 0 Å². The van der Waals surface area contributed by atoms with Crippen LogP contribution in [0.15, 0.2) is 158 Å². The van der Waals surface area contributed by atoms with Crippen LogP contribution in [0.3, 0.4) is 0 Å². The Hall–Kier alpha value is -4.97. The van der Waals surface area contributed by atoms with Gasteiger partial charge in [-0.05, 0) is 128 Å². The molecular weight excluding hydrogens is 997 g/mol. The maximum absolute atomic E-state index is 12.9. The summed E-state index contributed by atoms with van der Waals surface area (Å²) in [6.07, 6.45) is 98.2. The second-order valence-electron chi connectivity index (χ2n) is 21.3. The van der Waals surface area contributed by atoms with Crippen LogP contribution in [0.1, 0.15) is 278 Å². The molecule has 456 valence electrons. The van der Waals surface area contributed by atoms with Crippen molar-refractivity contribution in [1.29, 1.82) is 0 Å². The molecule has 0 heterocycles. The topological polar surface area (TPSA) is 78.9 Å². The van der Waals surface area contributed by atoms with Gasteiger partial charge >= 0.3 is 17.9 Å². The van der Waals surface area contributed by atoms with Gasteiger partial charge in [-0.15, -0.1) is 0 Å². The lowest BCUT2D eigenvalue weighted by atomic mass is 10.0. The molecule has 6 heteroatoms. The van der Waals surface area contributed by atoms with E-state index in [9.17, 15) is 14.4 Å². The van der Waals surface area contributed by atoms with Crippen molar-refractivity contribution >= 4 is 17.9 Å². The first kappa shape index (κ1) is 76.0. The summed E-state index contributed by atoms with van der Waals surface area (Å²) in [5.41, 5.74) is 0. The molecule has 0 aliphatic heterocycles. The van der Waals surface area contributed by atoms with Gasteiger partial charge in [-0.2, -0.15) is 0 Å². The molecule has 0 aromatic carbocycles. The van der Waals surface area contributed by atoms with Crippen LogP contribution in [0.4, 0.5) is 0 Å². The second kappa shape index (κ2) is 67.5. The van der Waals surface area contributed by atoms with Gasteiger partial charge in [0.1, 0.15) is 13.2 Å². The Morgan fingerprint density at radius 2 is 0.481 bits per heavy atom. The summed E-state index contributed by atoms with van der Waals surface area (Å²) in [7, 11) is 0. The Labute approximate surface area is 499 Å². The molecule has 0 aliphatic carbocycles. The molecule has 0 aliphatic rings. The van der Waals surface area contributed by atoms with Crippen molar-refractivity contribution in [1.82, 2.24) is 0 Å². The van der Waals surface area contributed by atoms with Crippen molar-refractivity contribution in [3.05, 3.63) is 158 Å². The predicted octanol–water partition coefficient (Wildman–Crippen LogP) is 22.9. The molecule has 1 atom stereocenters. The van der Waals surface area contributed by atoms with Crippen molar-refractivity contribution in [3.63, 3.8) is 0 Å². The Balaban J connectivity index is 4.50. The van der Waals surface area contributed by atoms with Crippen LogP contribution < -0.4 is 0 Å². The highest BCUT2D eigenvalue weighted by Crippen LogP contribution is 2.15. The van der Waals surface area contributed by atoms with E-state index in [2.05, 4.69) is 179 Å². The molecule has 0 bridgehead atoms. The van der Waals surface area contributed by atoms with Gasteiger partial charge in [0.05, 0.1) is 0 Å². The van der Waals surface area contributed by atoms with Crippen LogP contribution in [0.5, 0.6) is 0 Å². The van der Waals surface area contributed by atoms with Gasteiger partial charge in [0.25, 0.3) is 0 Å². The number of allylic oxidation sites excluding steroid dienone is 26. The lowest BCUT2D eigenvalue weighted by Gasteiger charge is -2.18. The zero-order valence-electron chi connectivity index (χ0n) is 52.2. The van der Waals surface area contributed by atoms with Gasteiger partial charge in [-0.1, -0.05) is 288 Å². The quantitative estimate of drug-likeness (QED) is 0.0261. The maximum atomic E-state index is 12.9. The Bertz CT molecular complexity index is 1810. The van der Waals surface area contributed by atoms with E-state index in [1.165, 1.54) is 77.0 Å². The van der Waals surface area contributed by atoms with Crippen molar-refractivity contribution in [2.75, 3.05) is 13.2 Å². The number of unbranched alkanes of at least 4 members (excludes halogenated alkanes) is 21. The highest BCUT2D eigenvalue weighted by atomic mass is 16.6. The van der Waals surface area contributed by atoms with E-state index in [0.717, 1.165) is 154 Å². The molecule has 0 aromatic rings. The van der Waals surface area contributed by atoms with Gasteiger partial charge in [-0.3, -0.25) is 14.4 Å². The fourth-order valence-corrected chi connectivity index (χ4v) is 8.66. The standard InChI is InChI=1S/C75H120O6/c1-4-7-10-13-16-19-22-25-28-30-32-34-35-36-37-38-39-41-42-44-47-50-53-56-59-62-65-68-74(77)80-71-72(70-79-73(76)67-64-61-58-55-52-49-46-27-24-21-18-15-12-9-6-3)81-75(78)69-66-63-60-57-54-51-48-45-43-40-33-31-29-26-23-20-17-14-11-8-5-2/h7-8,10-11,16-17,19-20,25-26,28-29,32-34,36-37,39-41,44-45,47-48,54,57,72H,4-6,9,12-15,18,21-24,27,30-31,35,38,42-43,46,49-53,55-56,58-71H2,1-3H3/b10-7-,11-8-,19-16-,20-17-,28-25-,29-26-,34-32-,37-36-,40-33-,41-39-,47-44-,48-45-,57-54-. The minimum absolute atomic E-state index is 0.106. The molecule has 0 radical (unpaired) electrons. The molecule has 0 saturated carbocycles. The smallest absolute Gasteiger partial charge is 0.306 e. The number of carbonyl (C=O) groups is 3. The first-order chi connectivity index (χ1) is 40.0. The third kappa shape index (κ3) is 65.7. The first-order valence-electron chi connectivity index (χ1n) is 33.0. The van der Waals surface area contributed by atoms with E-state index in [1.807, 2.05) is 0 Å². The number of carbonyl (C=O) groups excluding carboxylic acids is 3. The Kier molecular flexibility index (Phi) is 63.4. The SMILES string of the molecule is CC/C=C\C/C=C\C/C=C\C/C=C\C/C=C\C/C=C\C/C=C\CCCCCCCC(=O)OCC(COC(=O)CCCCCCCCCCCCCCCCC)OC(=O)CCCC/C=C\C/C=C\C/C=C\C/C=C\C/C=C\C/C=C\CC. The van der Waals surface area contributed by atoms with E-state index in [4.69, 9.17) is 14.2 Å². The number of ether oxygens (including phenoxy) is 3. The van der Waals surface area contributed by atoms with Crippen molar-refractivity contribution in [2.45, 2.75) is 284 Å². The Morgan fingerprint density at radius 1 is 0.259 bits per heavy atom. The van der Waals surface area contributed by atoms with Crippen molar-refractivity contribution in [2.24, 2.45) is 0 Å². The van der Waals surface area contributed by atoms with Crippen molar-refractivity contribution in [3.8, 4) is 0 Å². The summed E-state index contributed by atoms with van der Waals surface area (Å²) >= 11 is 0. The van der Waals surface area contributed by atoms with E-state index in [1.54, 1.807) is 0 Å². The van der Waals surface area contributed by atoms with Crippen molar-refractivity contribution < 1.29 is 28.6 Å². The van der Waals surface area contributed by atoms with E-state index >= 15 is 0 Å². The molecule has 0 amide bonds. The number of hydrogen-bond acceptors (Lipinski definition) is 6. The number of esters is 3. The number of rotatable bonds is 58. The molecule has 0 saturated heterocycles. The van der Waals surface area contributed by atoms with Crippen LogP contribution in [0.2, 0.25) is 0 Å². The molecule has 0 N–H and O–H groups in total. The molecule has 0 rings (SSSR count). The van der Waals surface area contributed by atoms with Crippen LogP contribution in [0, 0.1) is 0 Å². The van der Waals surface area contributed by atoms with Crippen LogP contribution in [-0.4, -0.2) is 37.2 Å². The molecule has 1 unspecified atom stereocenters. The fourth-order valence-electron chi connectivity index (χ4n) is 8.66. The summed E-state index contributed by atoms with van der Waals surface area (Å²) in [4.78, 5) is 38.4. The second-order valence-corrected chi connectivity index (χ2v) is 21.3. The van der Waals surface area contributed by atoms with Gasteiger partial charge in [0.2, 0.25) is 0 Å². The number of hydrogen-bond donors (Lipinski definition) is 0. The van der Waals surface area contributed by atoms with Gasteiger partial charge in [0.15, 0.2) is 6.10 Å². The third-order valence-electron chi connectivity index (χ3n) is 13.5. The van der Waals surface area contributed by atoms with Crippen LogP contribution in [0.25, 0.3) is 0 Å².